The number of hydrogen-bond acceptors (Lipinski definition) is 1. The molecule has 0 amide bonds. The summed E-state index contributed by atoms with van der Waals surface area (Å²) in [5.74, 6) is 0. The Bertz CT molecular complexity index is 382. The van der Waals surface area contributed by atoms with Crippen LogP contribution in [0.5, 0.6) is 0 Å². The van der Waals surface area contributed by atoms with Gasteiger partial charge >= 0.3 is 0 Å². The standard InChI is InChI=1S/C10H10NO/c1-8-2-3-10-7-11(12)5-4-9(10)6-8/h2-7,12H,1H3/q+1. The fourth-order valence-electron chi connectivity index (χ4n) is 1.30. The van der Waals surface area contributed by atoms with E-state index in [-0.39, 0.29) is 0 Å². The Morgan fingerprint density at radius 1 is 1.17 bits per heavy atom. The third-order valence-electron chi connectivity index (χ3n) is 1.92. The molecule has 0 aliphatic rings. The van der Waals surface area contributed by atoms with Gasteiger partial charge in [-0.25, -0.2) is 0 Å². The van der Waals surface area contributed by atoms with Crippen molar-refractivity contribution in [3.8, 4) is 0 Å². The predicted octanol–water partition coefficient (Wildman–Crippen LogP) is 1.67. The molecular formula is C10H10NO+. The first-order valence-corrected chi connectivity index (χ1v) is 3.87. The summed E-state index contributed by atoms with van der Waals surface area (Å²) in [6.45, 7) is 2.06. The van der Waals surface area contributed by atoms with E-state index >= 15 is 0 Å². The van der Waals surface area contributed by atoms with Gasteiger partial charge in [0.25, 0.3) is 0 Å². The molecule has 2 aromatic rings. The molecule has 60 valence electrons. The van der Waals surface area contributed by atoms with Crippen LogP contribution < -0.4 is 4.73 Å². The maximum absolute atomic E-state index is 9.12. The van der Waals surface area contributed by atoms with E-state index in [2.05, 4.69) is 13.0 Å². The quantitative estimate of drug-likeness (QED) is 0.460. The number of fused-ring (bicyclic) bond motifs is 1. The number of hydrogen-bond donors (Lipinski definition) is 1. The summed E-state index contributed by atoms with van der Waals surface area (Å²) in [6.07, 6.45) is 3.32. The minimum absolute atomic E-state index is 1.05. The van der Waals surface area contributed by atoms with Gasteiger partial charge < -0.3 is 0 Å². The maximum atomic E-state index is 9.12. The molecule has 2 nitrogen and oxygen atoms in total. The van der Waals surface area contributed by atoms with Crippen molar-refractivity contribution >= 4 is 10.8 Å². The van der Waals surface area contributed by atoms with Gasteiger partial charge in [-0.05, 0) is 18.4 Å². The smallest absolute Gasteiger partial charge is 0.230 e. The topological polar surface area (TPSA) is 24.1 Å². The predicted molar refractivity (Wildman–Crippen MR) is 46.1 cm³/mol. The lowest BCUT2D eigenvalue weighted by molar-refractivity contribution is -0.903. The van der Waals surface area contributed by atoms with Gasteiger partial charge in [0, 0.05) is 10.8 Å². The van der Waals surface area contributed by atoms with Crippen molar-refractivity contribution in [1.82, 2.24) is 0 Å². The SMILES string of the molecule is Cc1ccc2c[n+](O)ccc2c1. The Labute approximate surface area is 70.7 Å². The van der Waals surface area contributed by atoms with Crippen molar-refractivity contribution in [2.75, 3.05) is 0 Å². The molecule has 12 heavy (non-hydrogen) atoms. The lowest BCUT2D eigenvalue weighted by Gasteiger charge is -1.94. The van der Waals surface area contributed by atoms with E-state index < -0.39 is 0 Å². The molecule has 1 heterocycles. The van der Waals surface area contributed by atoms with E-state index in [9.17, 15) is 0 Å². The summed E-state index contributed by atoms with van der Waals surface area (Å²) in [4.78, 5) is 0. The van der Waals surface area contributed by atoms with Crippen molar-refractivity contribution in [3.05, 3.63) is 42.2 Å². The molecule has 0 aliphatic carbocycles. The van der Waals surface area contributed by atoms with Crippen LogP contribution in [0.15, 0.2) is 36.7 Å². The summed E-state index contributed by atoms with van der Waals surface area (Å²) in [6, 6.07) is 8.01. The van der Waals surface area contributed by atoms with Gasteiger partial charge in [0.05, 0.1) is 5.39 Å². The van der Waals surface area contributed by atoms with Crippen molar-refractivity contribution in [2.45, 2.75) is 6.92 Å². The van der Waals surface area contributed by atoms with Gasteiger partial charge in [-0.3, -0.25) is 5.21 Å². The van der Waals surface area contributed by atoms with E-state index in [0.717, 1.165) is 15.5 Å². The minimum Gasteiger partial charge on any atom is -0.285 e. The first-order chi connectivity index (χ1) is 5.75. The molecule has 0 radical (unpaired) electrons. The molecule has 1 aromatic carbocycles. The number of benzene rings is 1. The number of rotatable bonds is 0. The summed E-state index contributed by atoms with van der Waals surface area (Å²) in [7, 11) is 0. The van der Waals surface area contributed by atoms with Gasteiger partial charge in [-0.2, -0.15) is 0 Å². The van der Waals surface area contributed by atoms with Crippen LogP contribution in [0.3, 0.4) is 0 Å². The third-order valence-corrected chi connectivity index (χ3v) is 1.92. The summed E-state index contributed by atoms with van der Waals surface area (Å²) in [5.41, 5.74) is 1.23. The van der Waals surface area contributed by atoms with E-state index in [1.54, 1.807) is 12.4 Å². The fourth-order valence-corrected chi connectivity index (χ4v) is 1.30. The third kappa shape index (κ3) is 1.11. The Balaban J connectivity index is 2.79. The van der Waals surface area contributed by atoms with Gasteiger partial charge in [0.2, 0.25) is 12.4 Å². The van der Waals surface area contributed by atoms with Crippen LogP contribution >= 0.6 is 0 Å². The highest BCUT2D eigenvalue weighted by atomic mass is 16.5. The van der Waals surface area contributed by atoms with Crippen molar-refractivity contribution in [2.24, 2.45) is 0 Å². The van der Waals surface area contributed by atoms with Crippen LogP contribution in [0.1, 0.15) is 5.56 Å². The first kappa shape index (κ1) is 7.10. The minimum atomic E-state index is 1.05. The maximum Gasteiger partial charge on any atom is 0.230 e. The average molecular weight is 160 g/mol. The molecule has 0 atom stereocenters. The monoisotopic (exact) mass is 160 g/mol. The van der Waals surface area contributed by atoms with Crippen LogP contribution in [0.2, 0.25) is 0 Å². The van der Waals surface area contributed by atoms with E-state index in [4.69, 9.17) is 5.21 Å². The second kappa shape index (κ2) is 2.48. The van der Waals surface area contributed by atoms with Crippen molar-refractivity contribution in [3.63, 3.8) is 0 Å². The molecule has 0 aliphatic heterocycles. The molecule has 0 spiro atoms. The van der Waals surface area contributed by atoms with Crippen LogP contribution in [-0.4, -0.2) is 5.21 Å². The van der Waals surface area contributed by atoms with Crippen molar-refractivity contribution < 1.29 is 9.94 Å². The van der Waals surface area contributed by atoms with Gasteiger partial charge in [0.1, 0.15) is 0 Å². The number of pyridine rings is 1. The molecule has 2 heteroatoms. The largest absolute Gasteiger partial charge is 0.285 e. The molecule has 0 saturated heterocycles. The summed E-state index contributed by atoms with van der Waals surface area (Å²) < 4.78 is 1.07. The molecular weight excluding hydrogens is 150 g/mol. The van der Waals surface area contributed by atoms with Crippen molar-refractivity contribution in [1.29, 1.82) is 0 Å². The number of aromatic nitrogens is 1. The molecule has 0 saturated carbocycles. The molecule has 1 N–H and O–H groups in total. The second-order valence-electron chi connectivity index (χ2n) is 2.96. The lowest BCUT2D eigenvalue weighted by atomic mass is 10.1. The lowest BCUT2D eigenvalue weighted by Crippen LogP contribution is -2.27. The zero-order valence-corrected chi connectivity index (χ0v) is 6.86. The van der Waals surface area contributed by atoms with E-state index in [1.165, 1.54) is 5.56 Å². The summed E-state index contributed by atoms with van der Waals surface area (Å²) >= 11 is 0. The Morgan fingerprint density at radius 2 is 2.00 bits per heavy atom. The Morgan fingerprint density at radius 3 is 2.83 bits per heavy atom. The molecule has 1 aromatic heterocycles. The molecule has 0 bridgehead atoms. The van der Waals surface area contributed by atoms with Gasteiger partial charge in [0.15, 0.2) is 0 Å². The molecule has 0 fully saturated rings. The van der Waals surface area contributed by atoms with Gasteiger partial charge in [-0.1, -0.05) is 17.7 Å². The number of nitrogens with zero attached hydrogens (tertiary/aromatic N) is 1. The Hall–Kier alpha value is -1.57. The van der Waals surface area contributed by atoms with Crippen LogP contribution in [-0.2, 0) is 0 Å². The zero-order chi connectivity index (χ0) is 8.55. The van der Waals surface area contributed by atoms with E-state index in [0.29, 0.717) is 0 Å². The highest BCUT2D eigenvalue weighted by Crippen LogP contribution is 2.12. The average Bonchev–Trinajstić information content (AvgIpc) is 2.05. The molecule has 0 unspecified atom stereocenters. The second-order valence-corrected chi connectivity index (χ2v) is 2.96. The van der Waals surface area contributed by atoms with Crippen LogP contribution in [0, 0.1) is 6.92 Å². The van der Waals surface area contributed by atoms with E-state index in [1.807, 2.05) is 18.2 Å². The van der Waals surface area contributed by atoms with Crippen LogP contribution in [0.25, 0.3) is 10.8 Å². The van der Waals surface area contributed by atoms with Gasteiger partial charge in [-0.15, -0.1) is 0 Å². The van der Waals surface area contributed by atoms with Crippen LogP contribution in [0.4, 0.5) is 0 Å². The highest BCUT2D eigenvalue weighted by Gasteiger charge is 1.99. The first-order valence-electron chi connectivity index (χ1n) is 3.87. The number of aryl methyl sites for hydroxylation is 1. The molecule has 2 rings (SSSR count). The highest BCUT2D eigenvalue weighted by molar-refractivity contribution is 5.81. The zero-order valence-electron chi connectivity index (χ0n) is 6.86. The summed E-state index contributed by atoms with van der Waals surface area (Å²) in [5, 5.41) is 11.3. The Kier molecular flexibility index (Phi) is 1.47. The fraction of sp³-hybridized carbons (Fsp3) is 0.100. The normalized spacial score (nSPS) is 10.4.